The van der Waals surface area contributed by atoms with Gasteiger partial charge in [-0.2, -0.15) is 0 Å². The fourth-order valence-corrected chi connectivity index (χ4v) is 2.86. The second-order valence-electron chi connectivity index (χ2n) is 5.09. The molecule has 0 bridgehead atoms. The van der Waals surface area contributed by atoms with Gasteiger partial charge >= 0.3 is 5.97 Å². The van der Waals surface area contributed by atoms with Crippen molar-refractivity contribution in [2.75, 3.05) is 6.54 Å². The normalized spacial score (nSPS) is 19.0. The Morgan fingerprint density at radius 2 is 2.19 bits per heavy atom. The van der Waals surface area contributed by atoms with E-state index >= 15 is 0 Å². The summed E-state index contributed by atoms with van der Waals surface area (Å²) in [4.78, 5) is 17.3. The molecule has 3 rings (SSSR count). The number of halogens is 1. The van der Waals surface area contributed by atoms with Crippen molar-refractivity contribution in [2.45, 2.75) is 25.4 Å². The minimum absolute atomic E-state index is 0.423. The lowest BCUT2D eigenvalue weighted by molar-refractivity contribution is -0.142. The van der Waals surface area contributed by atoms with Gasteiger partial charge in [-0.15, -0.1) is 0 Å². The van der Waals surface area contributed by atoms with Gasteiger partial charge in [-0.1, -0.05) is 28.1 Å². The Labute approximate surface area is 130 Å². The van der Waals surface area contributed by atoms with E-state index in [1.807, 2.05) is 29.2 Å². The summed E-state index contributed by atoms with van der Waals surface area (Å²) in [6.07, 6.45) is 3.28. The first kappa shape index (κ1) is 14.3. The first-order valence-corrected chi connectivity index (χ1v) is 7.60. The Morgan fingerprint density at radius 3 is 2.90 bits per heavy atom. The lowest BCUT2D eigenvalue weighted by Gasteiger charge is -2.18. The number of oxazole rings is 1. The molecule has 0 saturated carbocycles. The van der Waals surface area contributed by atoms with Crippen molar-refractivity contribution in [2.24, 2.45) is 0 Å². The van der Waals surface area contributed by atoms with Crippen LogP contribution in [0, 0.1) is 0 Å². The molecule has 0 amide bonds. The van der Waals surface area contributed by atoms with Crippen molar-refractivity contribution in [3.63, 3.8) is 0 Å². The molecule has 1 atom stereocenters. The molecule has 0 radical (unpaired) electrons. The summed E-state index contributed by atoms with van der Waals surface area (Å²) < 4.78 is 6.75. The van der Waals surface area contributed by atoms with Crippen molar-refractivity contribution >= 4 is 21.9 Å². The first-order valence-electron chi connectivity index (χ1n) is 6.81. The highest BCUT2D eigenvalue weighted by molar-refractivity contribution is 9.10. The third-order valence-corrected chi connectivity index (χ3v) is 4.20. The van der Waals surface area contributed by atoms with E-state index in [-0.39, 0.29) is 0 Å². The topological polar surface area (TPSA) is 66.6 Å². The van der Waals surface area contributed by atoms with Gasteiger partial charge in [0.2, 0.25) is 5.89 Å². The Kier molecular flexibility index (Phi) is 4.07. The van der Waals surface area contributed by atoms with Crippen LogP contribution in [0.25, 0.3) is 11.3 Å². The predicted molar refractivity (Wildman–Crippen MR) is 80.7 cm³/mol. The molecule has 0 spiro atoms. The molecule has 1 N–H and O–H groups in total. The molecule has 1 saturated heterocycles. The molecule has 1 aliphatic rings. The van der Waals surface area contributed by atoms with Gasteiger partial charge in [0.1, 0.15) is 6.04 Å². The van der Waals surface area contributed by atoms with Crippen molar-refractivity contribution < 1.29 is 14.3 Å². The molecule has 1 aromatic carbocycles. The fraction of sp³-hybridized carbons (Fsp3) is 0.333. The maximum atomic E-state index is 11.2. The number of hydrogen-bond acceptors (Lipinski definition) is 4. The van der Waals surface area contributed by atoms with Crippen LogP contribution in [0.2, 0.25) is 0 Å². The van der Waals surface area contributed by atoms with Crippen molar-refractivity contribution in [3.05, 3.63) is 40.8 Å². The van der Waals surface area contributed by atoms with Crippen LogP contribution < -0.4 is 0 Å². The van der Waals surface area contributed by atoms with Crippen LogP contribution in [0.4, 0.5) is 0 Å². The van der Waals surface area contributed by atoms with Crippen LogP contribution in [0.1, 0.15) is 18.7 Å². The standard InChI is InChI=1S/C15H15BrN2O3/c16-11-5-3-10(4-6-11)13-8-17-14(21-13)9-18-7-1-2-12(18)15(19)20/h3-6,8,12H,1-2,7,9H2,(H,19,20)/t12-/m0/s1. The largest absolute Gasteiger partial charge is 0.480 e. The maximum absolute atomic E-state index is 11.2. The Morgan fingerprint density at radius 1 is 1.43 bits per heavy atom. The van der Waals surface area contributed by atoms with Crippen LogP contribution in [0.3, 0.4) is 0 Å². The van der Waals surface area contributed by atoms with Crippen LogP contribution in [-0.4, -0.2) is 33.5 Å². The zero-order valence-electron chi connectivity index (χ0n) is 11.3. The molecule has 2 heterocycles. The molecule has 1 aliphatic heterocycles. The summed E-state index contributed by atoms with van der Waals surface area (Å²) in [6.45, 7) is 1.21. The van der Waals surface area contributed by atoms with Crippen molar-refractivity contribution in [1.82, 2.24) is 9.88 Å². The van der Waals surface area contributed by atoms with Crippen LogP contribution in [0.15, 0.2) is 39.4 Å². The van der Waals surface area contributed by atoms with Gasteiger partial charge in [0.15, 0.2) is 5.76 Å². The van der Waals surface area contributed by atoms with Crippen LogP contribution >= 0.6 is 15.9 Å². The quantitative estimate of drug-likeness (QED) is 0.917. The first-order chi connectivity index (χ1) is 10.1. The average molecular weight is 351 g/mol. The molecule has 2 aromatic rings. The van der Waals surface area contributed by atoms with E-state index in [1.54, 1.807) is 6.20 Å². The zero-order chi connectivity index (χ0) is 14.8. The number of rotatable bonds is 4. The third-order valence-electron chi connectivity index (χ3n) is 3.67. The summed E-state index contributed by atoms with van der Waals surface area (Å²) >= 11 is 3.39. The van der Waals surface area contributed by atoms with Gasteiger partial charge in [-0.25, -0.2) is 4.98 Å². The monoisotopic (exact) mass is 350 g/mol. The van der Waals surface area contributed by atoms with Crippen LogP contribution in [-0.2, 0) is 11.3 Å². The highest BCUT2D eigenvalue weighted by Crippen LogP contribution is 2.25. The molecule has 0 unspecified atom stereocenters. The van der Waals surface area contributed by atoms with Gasteiger partial charge in [-0.05, 0) is 31.5 Å². The molecule has 1 fully saturated rings. The van der Waals surface area contributed by atoms with Gasteiger partial charge in [0, 0.05) is 10.0 Å². The van der Waals surface area contributed by atoms with E-state index in [0.29, 0.717) is 24.6 Å². The molecule has 1 aromatic heterocycles. The highest BCUT2D eigenvalue weighted by atomic mass is 79.9. The maximum Gasteiger partial charge on any atom is 0.320 e. The smallest absolute Gasteiger partial charge is 0.320 e. The third kappa shape index (κ3) is 3.16. The highest BCUT2D eigenvalue weighted by Gasteiger charge is 2.31. The van der Waals surface area contributed by atoms with E-state index in [1.165, 1.54) is 0 Å². The molecule has 21 heavy (non-hydrogen) atoms. The second kappa shape index (κ2) is 5.99. The molecule has 5 nitrogen and oxygen atoms in total. The number of carboxylic acid groups (broad SMARTS) is 1. The summed E-state index contributed by atoms with van der Waals surface area (Å²) in [5.74, 6) is 0.483. The second-order valence-corrected chi connectivity index (χ2v) is 6.01. The average Bonchev–Trinajstić information content (AvgIpc) is 3.09. The minimum atomic E-state index is -0.771. The van der Waals surface area contributed by atoms with E-state index in [0.717, 1.165) is 23.0 Å². The molecular weight excluding hydrogens is 336 g/mol. The van der Waals surface area contributed by atoms with E-state index in [9.17, 15) is 9.90 Å². The molecule has 110 valence electrons. The van der Waals surface area contributed by atoms with Gasteiger partial charge < -0.3 is 9.52 Å². The summed E-state index contributed by atoms with van der Waals surface area (Å²) in [5, 5.41) is 9.17. The van der Waals surface area contributed by atoms with E-state index in [4.69, 9.17) is 4.42 Å². The van der Waals surface area contributed by atoms with Crippen molar-refractivity contribution in [3.8, 4) is 11.3 Å². The lowest BCUT2D eigenvalue weighted by atomic mass is 10.2. The summed E-state index contributed by atoms with van der Waals surface area (Å²) in [5.41, 5.74) is 0.952. The molecular formula is C15H15BrN2O3. The number of aliphatic carboxylic acids is 1. The summed E-state index contributed by atoms with van der Waals surface area (Å²) in [6, 6.07) is 7.36. The number of carbonyl (C=O) groups is 1. The van der Waals surface area contributed by atoms with Gasteiger partial charge in [0.25, 0.3) is 0 Å². The van der Waals surface area contributed by atoms with Gasteiger partial charge in [-0.3, -0.25) is 9.69 Å². The number of carboxylic acids is 1. The Bertz CT molecular complexity index is 639. The number of nitrogens with zero attached hydrogens (tertiary/aromatic N) is 2. The molecule has 6 heteroatoms. The van der Waals surface area contributed by atoms with E-state index < -0.39 is 12.0 Å². The minimum Gasteiger partial charge on any atom is -0.480 e. The van der Waals surface area contributed by atoms with Gasteiger partial charge in [0.05, 0.1) is 12.7 Å². The number of hydrogen-bond donors (Lipinski definition) is 1. The number of aromatic nitrogens is 1. The lowest BCUT2D eigenvalue weighted by Crippen LogP contribution is -2.35. The SMILES string of the molecule is O=C(O)[C@@H]1CCCN1Cc1ncc(-c2ccc(Br)cc2)o1. The number of benzene rings is 1. The predicted octanol–water partition coefficient (Wildman–Crippen LogP) is 3.15. The van der Waals surface area contributed by atoms with Crippen molar-refractivity contribution in [1.29, 1.82) is 0 Å². The van der Waals surface area contributed by atoms with Crippen LogP contribution in [0.5, 0.6) is 0 Å². The zero-order valence-corrected chi connectivity index (χ0v) is 12.9. The number of likely N-dealkylation sites (tertiary alicyclic amines) is 1. The fourth-order valence-electron chi connectivity index (χ4n) is 2.60. The van der Waals surface area contributed by atoms with E-state index in [2.05, 4.69) is 20.9 Å². The Hall–Kier alpha value is -1.66. The summed E-state index contributed by atoms with van der Waals surface area (Å²) in [7, 11) is 0. The Balaban J connectivity index is 1.73. The molecule has 0 aliphatic carbocycles.